The van der Waals surface area contributed by atoms with E-state index in [9.17, 15) is 14.5 Å². The van der Waals surface area contributed by atoms with Crippen molar-refractivity contribution in [1.29, 1.82) is 0 Å². The summed E-state index contributed by atoms with van der Waals surface area (Å²) < 4.78 is 10.7. The highest BCUT2D eigenvalue weighted by Gasteiger charge is 2.30. The average Bonchev–Trinajstić information content (AvgIpc) is 2.44. The number of aliphatic hydroxyl groups excluding tert-OH is 2. The fourth-order valence-corrected chi connectivity index (χ4v) is 2.72. The van der Waals surface area contributed by atoms with Crippen molar-refractivity contribution in [1.82, 2.24) is 0 Å². The number of unbranched alkanes of at least 4 members (excludes halogenated alkanes) is 8. The molecule has 7 heteroatoms. The maximum atomic E-state index is 11.6. The summed E-state index contributed by atoms with van der Waals surface area (Å²) in [6, 6.07) is 0. The van der Waals surface area contributed by atoms with Crippen molar-refractivity contribution in [2.45, 2.75) is 89.5 Å². The number of carbonyl (C=O) groups is 1. The van der Waals surface area contributed by atoms with Crippen molar-refractivity contribution in [3.63, 3.8) is 0 Å². The highest BCUT2D eigenvalue weighted by Crippen LogP contribution is 2.41. The molecule has 0 aromatic carbocycles. The molecule has 0 heterocycles. The van der Waals surface area contributed by atoms with E-state index in [-0.39, 0.29) is 6.42 Å². The van der Waals surface area contributed by atoms with Crippen LogP contribution in [0.5, 0.6) is 0 Å². The Balaban J connectivity index is 3.62. The van der Waals surface area contributed by atoms with Crippen LogP contribution in [-0.2, 0) is 9.36 Å². The van der Waals surface area contributed by atoms with Gasteiger partial charge in [-0.1, -0.05) is 58.3 Å². The van der Waals surface area contributed by atoms with Gasteiger partial charge in [0.05, 0.1) is 0 Å². The van der Waals surface area contributed by atoms with Crippen LogP contribution in [-0.4, -0.2) is 37.7 Å². The number of aliphatic hydroxyl groups is 2. The standard InChI is InChI=1S/C15H31O6P/c1-2-3-4-5-6-7-8-9-10-11-13(16)14(17)12-15(18)22(19,20)21/h14-15,17-18H,2-12H2,1H3,(H2,19,20,21). The zero-order chi connectivity index (χ0) is 17.0. The van der Waals surface area contributed by atoms with Gasteiger partial charge in [-0.05, 0) is 6.42 Å². The van der Waals surface area contributed by atoms with E-state index in [1.54, 1.807) is 0 Å². The van der Waals surface area contributed by atoms with E-state index in [1.807, 2.05) is 0 Å². The van der Waals surface area contributed by atoms with Gasteiger partial charge in [0.1, 0.15) is 6.10 Å². The molecule has 0 radical (unpaired) electrons. The molecule has 0 aromatic heterocycles. The summed E-state index contributed by atoms with van der Waals surface area (Å²) in [7, 11) is -4.66. The van der Waals surface area contributed by atoms with Crippen molar-refractivity contribution in [3.05, 3.63) is 0 Å². The molecule has 0 aliphatic carbocycles. The first-order chi connectivity index (χ1) is 10.3. The van der Waals surface area contributed by atoms with Crippen LogP contribution in [0.1, 0.15) is 77.6 Å². The molecule has 2 atom stereocenters. The molecular formula is C15H31O6P. The van der Waals surface area contributed by atoms with Gasteiger partial charge in [-0.2, -0.15) is 0 Å². The van der Waals surface area contributed by atoms with Gasteiger partial charge in [0.15, 0.2) is 11.6 Å². The van der Waals surface area contributed by atoms with Crippen molar-refractivity contribution >= 4 is 13.4 Å². The molecule has 0 aliphatic rings. The molecule has 4 N–H and O–H groups in total. The third-order valence-electron chi connectivity index (χ3n) is 3.72. The fraction of sp³-hybridized carbons (Fsp3) is 0.933. The molecule has 0 spiro atoms. The lowest BCUT2D eigenvalue weighted by Crippen LogP contribution is -2.25. The van der Waals surface area contributed by atoms with Crippen LogP contribution in [0.4, 0.5) is 0 Å². The molecule has 0 saturated carbocycles. The Hall–Kier alpha value is -0.260. The lowest BCUT2D eigenvalue weighted by Gasteiger charge is -2.15. The monoisotopic (exact) mass is 338 g/mol. The normalized spacial score (nSPS) is 14.8. The Morgan fingerprint density at radius 1 is 0.909 bits per heavy atom. The zero-order valence-corrected chi connectivity index (χ0v) is 14.4. The van der Waals surface area contributed by atoms with Crippen LogP contribution in [0.3, 0.4) is 0 Å². The fourth-order valence-electron chi connectivity index (χ4n) is 2.24. The number of carbonyl (C=O) groups excluding carboxylic acids is 1. The van der Waals surface area contributed by atoms with Gasteiger partial charge in [-0.25, -0.2) is 0 Å². The molecule has 22 heavy (non-hydrogen) atoms. The van der Waals surface area contributed by atoms with Gasteiger partial charge in [-0.15, -0.1) is 0 Å². The molecule has 0 fully saturated rings. The number of ketones is 1. The lowest BCUT2D eigenvalue weighted by molar-refractivity contribution is -0.128. The third-order valence-corrected chi connectivity index (χ3v) is 4.71. The largest absolute Gasteiger partial charge is 0.385 e. The molecule has 0 aliphatic heterocycles. The summed E-state index contributed by atoms with van der Waals surface area (Å²) >= 11 is 0. The summed E-state index contributed by atoms with van der Waals surface area (Å²) in [4.78, 5) is 29.0. The maximum absolute atomic E-state index is 11.6. The Bertz CT molecular complexity index is 341. The minimum absolute atomic E-state index is 0.185. The second-order valence-corrected chi connectivity index (χ2v) is 7.64. The van der Waals surface area contributed by atoms with Gasteiger partial charge in [0, 0.05) is 12.8 Å². The summed E-state index contributed by atoms with van der Waals surface area (Å²) in [6.45, 7) is 2.18. The molecule has 2 unspecified atom stereocenters. The number of rotatable bonds is 14. The summed E-state index contributed by atoms with van der Waals surface area (Å²) in [5, 5.41) is 18.7. The predicted molar refractivity (Wildman–Crippen MR) is 85.5 cm³/mol. The van der Waals surface area contributed by atoms with Gasteiger partial charge in [0.2, 0.25) is 0 Å². The van der Waals surface area contributed by atoms with Gasteiger partial charge >= 0.3 is 7.60 Å². The molecule has 0 aromatic rings. The van der Waals surface area contributed by atoms with Gasteiger partial charge < -0.3 is 20.0 Å². The van der Waals surface area contributed by atoms with Crippen molar-refractivity contribution in [3.8, 4) is 0 Å². The summed E-state index contributed by atoms with van der Waals surface area (Å²) in [5.74, 6) is -2.44. The smallest absolute Gasteiger partial charge is 0.353 e. The molecule has 0 rings (SSSR count). The van der Waals surface area contributed by atoms with Crippen LogP contribution in [0.15, 0.2) is 0 Å². The van der Waals surface area contributed by atoms with E-state index in [0.717, 1.165) is 19.3 Å². The van der Waals surface area contributed by atoms with Gasteiger partial charge in [-0.3, -0.25) is 9.36 Å². The molecule has 0 bridgehead atoms. The quantitative estimate of drug-likeness (QED) is 0.286. The number of hydrogen-bond acceptors (Lipinski definition) is 4. The molecule has 6 nitrogen and oxygen atoms in total. The van der Waals surface area contributed by atoms with Crippen molar-refractivity contribution in [2.24, 2.45) is 0 Å². The SMILES string of the molecule is CCCCCCCCCCCC(=O)C(O)CC(O)P(=O)(O)O. The van der Waals surface area contributed by atoms with E-state index in [4.69, 9.17) is 14.9 Å². The van der Waals surface area contributed by atoms with Crippen LogP contribution in [0.25, 0.3) is 0 Å². The van der Waals surface area contributed by atoms with Crippen LogP contribution in [0, 0.1) is 0 Å². The molecule has 132 valence electrons. The highest BCUT2D eigenvalue weighted by atomic mass is 31.2. The van der Waals surface area contributed by atoms with Crippen molar-refractivity contribution in [2.75, 3.05) is 0 Å². The zero-order valence-electron chi connectivity index (χ0n) is 13.5. The first kappa shape index (κ1) is 21.7. The molecular weight excluding hydrogens is 307 g/mol. The van der Waals surface area contributed by atoms with Crippen LogP contribution in [0.2, 0.25) is 0 Å². The van der Waals surface area contributed by atoms with Gasteiger partial charge in [0.25, 0.3) is 0 Å². The van der Waals surface area contributed by atoms with Crippen molar-refractivity contribution < 1.29 is 29.4 Å². The highest BCUT2D eigenvalue weighted by molar-refractivity contribution is 7.52. The molecule has 0 saturated heterocycles. The Morgan fingerprint density at radius 2 is 1.36 bits per heavy atom. The lowest BCUT2D eigenvalue weighted by atomic mass is 10.0. The third kappa shape index (κ3) is 11.3. The minimum atomic E-state index is -4.66. The Labute approximate surface area is 133 Å². The number of hydrogen-bond donors (Lipinski definition) is 4. The topological polar surface area (TPSA) is 115 Å². The predicted octanol–water partition coefficient (Wildman–Crippen LogP) is 2.72. The van der Waals surface area contributed by atoms with E-state index in [1.165, 1.54) is 32.1 Å². The first-order valence-corrected chi connectivity index (χ1v) is 9.91. The minimum Gasteiger partial charge on any atom is -0.385 e. The van der Waals surface area contributed by atoms with Crippen LogP contribution >= 0.6 is 7.60 Å². The van der Waals surface area contributed by atoms with E-state index >= 15 is 0 Å². The first-order valence-electron chi connectivity index (χ1n) is 8.23. The maximum Gasteiger partial charge on any atom is 0.353 e. The Morgan fingerprint density at radius 3 is 1.82 bits per heavy atom. The second kappa shape index (κ2) is 12.2. The van der Waals surface area contributed by atoms with E-state index in [2.05, 4.69) is 6.92 Å². The van der Waals surface area contributed by atoms with E-state index < -0.39 is 31.7 Å². The summed E-state index contributed by atoms with van der Waals surface area (Å²) in [6.07, 6.45) is 8.12. The second-order valence-electron chi connectivity index (χ2n) is 5.87. The molecule has 0 amide bonds. The van der Waals surface area contributed by atoms with Crippen LogP contribution < -0.4 is 0 Å². The summed E-state index contributed by atoms with van der Waals surface area (Å²) in [5.41, 5.74) is 0. The average molecular weight is 338 g/mol. The van der Waals surface area contributed by atoms with E-state index in [0.29, 0.717) is 6.42 Å². The number of Topliss-reactive ketones (excluding diaryl/α,β-unsaturated/α-hetero) is 1. The Kier molecular flexibility index (Phi) is 12.1.